The van der Waals surface area contributed by atoms with Crippen LogP contribution in [0.4, 0.5) is 0 Å². The summed E-state index contributed by atoms with van der Waals surface area (Å²) in [4.78, 5) is 16.8. The van der Waals surface area contributed by atoms with Gasteiger partial charge in [0.25, 0.3) is 5.91 Å². The van der Waals surface area contributed by atoms with Crippen molar-refractivity contribution in [2.75, 3.05) is 13.2 Å². The van der Waals surface area contributed by atoms with Crippen molar-refractivity contribution in [2.45, 2.75) is 52.5 Å². The molecule has 0 saturated carbocycles. The van der Waals surface area contributed by atoms with E-state index in [1.807, 2.05) is 12.1 Å². The zero-order chi connectivity index (χ0) is 23.8. The first-order valence-electron chi connectivity index (χ1n) is 12.1. The van der Waals surface area contributed by atoms with E-state index in [0.29, 0.717) is 18.9 Å². The highest BCUT2D eigenvalue weighted by Gasteiger charge is 2.11. The number of benzene rings is 2. The van der Waals surface area contributed by atoms with E-state index in [4.69, 9.17) is 14.1 Å². The summed E-state index contributed by atoms with van der Waals surface area (Å²) >= 11 is 0. The van der Waals surface area contributed by atoms with Gasteiger partial charge in [0, 0.05) is 19.5 Å². The molecule has 2 aromatic carbocycles. The van der Waals surface area contributed by atoms with Crippen LogP contribution in [0.5, 0.6) is 5.75 Å². The molecule has 178 valence electrons. The van der Waals surface area contributed by atoms with Crippen LogP contribution in [0, 0.1) is 13.8 Å². The molecule has 1 amide bonds. The number of aryl methyl sites for hydroxylation is 4. The molecule has 0 spiro atoms. The minimum absolute atomic E-state index is 0.158. The zero-order valence-electron chi connectivity index (χ0n) is 20.0. The number of fused-ring (bicyclic) bond motifs is 1. The summed E-state index contributed by atoms with van der Waals surface area (Å²) in [6.07, 6.45) is 6.32. The molecule has 0 bridgehead atoms. The SMILES string of the molecule is Cc1ccc(OCCCn2c(CCCCCNC(=O)c3ccco3)nc3ccccc32)cc1C. The van der Waals surface area contributed by atoms with Crippen LogP contribution in [0.3, 0.4) is 0 Å². The van der Waals surface area contributed by atoms with E-state index in [0.717, 1.165) is 55.7 Å². The normalized spacial score (nSPS) is 11.1. The van der Waals surface area contributed by atoms with Crippen LogP contribution >= 0.6 is 0 Å². The van der Waals surface area contributed by atoms with Gasteiger partial charge >= 0.3 is 0 Å². The molecule has 2 heterocycles. The zero-order valence-corrected chi connectivity index (χ0v) is 20.0. The number of carbonyl (C=O) groups excluding carboxylic acids is 1. The maximum Gasteiger partial charge on any atom is 0.286 e. The van der Waals surface area contributed by atoms with Gasteiger partial charge in [-0.05, 0) is 80.6 Å². The highest BCUT2D eigenvalue weighted by molar-refractivity contribution is 5.91. The van der Waals surface area contributed by atoms with Gasteiger partial charge in [0.1, 0.15) is 11.6 Å². The van der Waals surface area contributed by atoms with Crippen LogP contribution < -0.4 is 10.1 Å². The van der Waals surface area contributed by atoms with Crippen molar-refractivity contribution in [1.82, 2.24) is 14.9 Å². The Balaban J connectivity index is 1.25. The number of unbranched alkanes of at least 4 members (excludes halogenated alkanes) is 2. The van der Waals surface area contributed by atoms with Gasteiger partial charge in [-0.2, -0.15) is 0 Å². The summed E-state index contributed by atoms with van der Waals surface area (Å²) in [6.45, 7) is 6.41. The number of ether oxygens (including phenoxy) is 1. The second kappa shape index (κ2) is 11.5. The molecular weight excluding hydrogens is 426 g/mol. The van der Waals surface area contributed by atoms with E-state index in [-0.39, 0.29) is 5.91 Å². The van der Waals surface area contributed by atoms with Gasteiger partial charge in [-0.3, -0.25) is 4.79 Å². The van der Waals surface area contributed by atoms with Crippen molar-refractivity contribution >= 4 is 16.9 Å². The lowest BCUT2D eigenvalue weighted by molar-refractivity contribution is 0.0925. The molecule has 0 saturated heterocycles. The third kappa shape index (κ3) is 6.07. The number of rotatable bonds is 12. The van der Waals surface area contributed by atoms with Gasteiger partial charge in [-0.1, -0.05) is 24.6 Å². The summed E-state index contributed by atoms with van der Waals surface area (Å²) in [7, 11) is 0. The van der Waals surface area contributed by atoms with Gasteiger partial charge in [0.15, 0.2) is 5.76 Å². The van der Waals surface area contributed by atoms with Crippen molar-refractivity contribution in [2.24, 2.45) is 0 Å². The molecule has 34 heavy (non-hydrogen) atoms. The Morgan fingerprint density at radius 2 is 1.88 bits per heavy atom. The van der Waals surface area contributed by atoms with Gasteiger partial charge in [0.2, 0.25) is 0 Å². The van der Waals surface area contributed by atoms with Crippen LogP contribution in [0.2, 0.25) is 0 Å². The lowest BCUT2D eigenvalue weighted by Gasteiger charge is -2.11. The maximum atomic E-state index is 11.9. The number of nitrogens with one attached hydrogen (secondary N) is 1. The topological polar surface area (TPSA) is 69.3 Å². The molecule has 4 rings (SSSR count). The minimum Gasteiger partial charge on any atom is -0.494 e. The Morgan fingerprint density at radius 1 is 1.00 bits per heavy atom. The van der Waals surface area contributed by atoms with Gasteiger partial charge < -0.3 is 19.0 Å². The number of para-hydroxylation sites is 2. The minimum atomic E-state index is -0.158. The summed E-state index contributed by atoms with van der Waals surface area (Å²) in [5.74, 6) is 2.25. The molecule has 6 nitrogen and oxygen atoms in total. The second-order valence-corrected chi connectivity index (χ2v) is 8.66. The van der Waals surface area contributed by atoms with Crippen LogP contribution in [-0.4, -0.2) is 28.6 Å². The second-order valence-electron chi connectivity index (χ2n) is 8.66. The number of hydrogen-bond donors (Lipinski definition) is 1. The predicted molar refractivity (Wildman–Crippen MR) is 134 cm³/mol. The van der Waals surface area contributed by atoms with E-state index in [9.17, 15) is 4.79 Å². The molecule has 1 N–H and O–H groups in total. The van der Waals surface area contributed by atoms with Crippen molar-refractivity contribution < 1.29 is 13.9 Å². The van der Waals surface area contributed by atoms with Crippen LogP contribution in [0.15, 0.2) is 65.3 Å². The molecule has 0 aliphatic carbocycles. The highest BCUT2D eigenvalue weighted by Crippen LogP contribution is 2.20. The fourth-order valence-electron chi connectivity index (χ4n) is 4.06. The lowest BCUT2D eigenvalue weighted by Crippen LogP contribution is -2.23. The Hall–Kier alpha value is -3.54. The van der Waals surface area contributed by atoms with Gasteiger partial charge in [-0.25, -0.2) is 4.98 Å². The number of furan rings is 1. The lowest BCUT2D eigenvalue weighted by atomic mass is 10.1. The number of carbonyl (C=O) groups is 1. The summed E-state index contributed by atoms with van der Waals surface area (Å²) in [5, 5.41) is 2.90. The van der Waals surface area contributed by atoms with Gasteiger partial charge in [-0.15, -0.1) is 0 Å². The molecule has 6 heteroatoms. The summed E-state index contributed by atoms with van der Waals surface area (Å²) < 4.78 is 13.4. The Bertz CT molecular complexity index is 1210. The average molecular weight is 460 g/mol. The van der Waals surface area contributed by atoms with Crippen molar-refractivity contribution in [1.29, 1.82) is 0 Å². The monoisotopic (exact) mass is 459 g/mol. The predicted octanol–water partition coefficient (Wildman–Crippen LogP) is 5.86. The Morgan fingerprint density at radius 3 is 2.71 bits per heavy atom. The number of imidazole rings is 1. The average Bonchev–Trinajstić information content (AvgIpc) is 3.50. The summed E-state index contributed by atoms with van der Waals surface area (Å²) in [6, 6.07) is 18.0. The number of aromatic nitrogens is 2. The Labute approximate surface area is 200 Å². The van der Waals surface area contributed by atoms with Crippen LogP contribution in [0.1, 0.15) is 53.2 Å². The third-order valence-corrected chi connectivity index (χ3v) is 6.11. The van der Waals surface area contributed by atoms with E-state index in [2.05, 4.69) is 54.1 Å². The van der Waals surface area contributed by atoms with E-state index >= 15 is 0 Å². The van der Waals surface area contributed by atoms with Crippen LogP contribution in [0.25, 0.3) is 11.0 Å². The van der Waals surface area contributed by atoms with Crippen molar-refractivity contribution in [3.05, 3.63) is 83.6 Å². The van der Waals surface area contributed by atoms with Crippen molar-refractivity contribution in [3.8, 4) is 5.75 Å². The molecule has 0 aliphatic rings. The van der Waals surface area contributed by atoms with E-state index in [1.165, 1.54) is 22.9 Å². The van der Waals surface area contributed by atoms with Crippen molar-refractivity contribution in [3.63, 3.8) is 0 Å². The largest absolute Gasteiger partial charge is 0.494 e. The first-order valence-corrected chi connectivity index (χ1v) is 12.1. The smallest absolute Gasteiger partial charge is 0.286 e. The maximum absolute atomic E-state index is 11.9. The number of hydrogen-bond acceptors (Lipinski definition) is 4. The first-order chi connectivity index (χ1) is 16.6. The van der Waals surface area contributed by atoms with Crippen LogP contribution in [-0.2, 0) is 13.0 Å². The van der Waals surface area contributed by atoms with E-state index in [1.54, 1.807) is 12.1 Å². The molecule has 0 aliphatic heterocycles. The molecule has 0 unspecified atom stereocenters. The first kappa shape index (κ1) is 23.6. The van der Waals surface area contributed by atoms with E-state index < -0.39 is 0 Å². The number of nitrogens with zero attached hydrogens (tertiary/aromatic N) is 2. The molecule has 2 aromatic heterocycles. The Kier molecular flexibility index (Phi) is 8.02. The molecule has 0 fully saturated rings. The molecule has 0 atom stereocenters. The fourth-order valence-corrected chi connectivity index (χ4v) is 4.06. The molecule has 4 aromatic rings. The molecule has 0 radical (unpaired) electrons. The third-order valence-electron chi connectivity index (χ3n) is 6.11. The number of amides is 1. The van der Waals surface area contributed by atoms with Gasteiger partial charge in [0.05, 0.1) is 23.9 Å². The standard InChI is InChI=1S/C28H33N3O3/c1-21-14-15-23(20-22(21)2)33-19-9-17-31-25-11-6-5-10-24(25)30-27(31)13-4-3-7-16-29-28(32)26-12-8-18-34-26/h5-6,8,10-12,14-15,18,20H,3-4,7,9,13,16-17,19H2,1-2H3,(H,29,32). The highest BCUT2D eigenvalue weighted by atomic mass is 16.5. The quantitative estimate of drug-likeness (QED) is 0.270. The molecular formula is C28H33N3O3. The summed E-state index contributed by atoms with van der Waals surface area (Å²) in [5.41, 5.74) is 4.75. The fraction of sp³-hybridized carbons (Fsp3) is 0.357.